The van der Waals surface area contributed by atoms with E-state index in [2.05, 4.69) is 31.8 Å². The van der Waals surface area contributed by atoms with Gasteiger partial charge in [-0.2, -0.15) is 5.10 Å². The maximum Gasteiger partial charge on any atom is 0.355 e. The lowest BCUT2D eigenvalue weighted by Gasteiger charge is -2.08. The average Bonchev–Trinajstić information content (AvgIpc) is 3.34. The zero-order valence-electron chi connectivity index (χ0n) is 22.7. The number of hydrazone groups is 1. The van der Waals surface area contributed by atoms with Crippen molar-refractivity contribution in [2.75, 3.05) is 5.32 Å². The number of nitro benzene ring substituents is 1. The number of ether oxygens (including phenoxy) is 1. The standard InChI is InChI=1S/C31H20BrClN4O6S/c1-17-2-4-18(5-3-17)29(38)35-22-9-6-19(7-10-22)30(39)36-34-16-20-14-21(32)8-13-25(20)43-31(40)28-27(33)24-12-11-23(37(41)42)15-26(24)44-28/h2-16H,1H3,(H,35,38)(H,36,39)/b34-16-. The number of carbonyl (C=O) groups excluding carboxylic acids is 3. The molecule has 13 heteroatoms. The zero-order valence-corrected chi connectivity index (χ0v) is 25.8. The lowest BCUT2D eigenvalue weighted by molar-refractivity contribution is -0.384. The van der Waals surface area contributed by atoms with Crippen LogP contribution in [-0.2, 0) is 0 Å². The van der Waals surface area contributed by atoms with E-state index in [-0.39, 0.29) is 27.2 Å². The highest BCUT2D eigenvalue weighted by Gasteiger charge is 2.22. The fraction of sp³-hybridized carbons (Fsp3) is 0.0323. The first-order valence-electron chi connectivity index (χ1n) is 12.8. The first-order valence-corrected chi connectivity index (χ1v) is 14.8. The average molecular weight is 692 g/mol. The van der Waals surface area contributed by atoms with E-state index in [1.165, 1.54) is 24.4 Å². The first kappa shape index (κ1) is 30.5. The number of benzene rings is 4. The Morgan fingerprint density at radius 2 is 1.64 bits per heavy atom. The maximum atomic E-state index is 13.0. The monoisotopic (exact) mass is 690 g/mol. The normalized spacial score (nSPS) is 11.0. The van der Waals surface area contributed by atoms with Gasteiger partial charge in [0.15, 0.2) is 0 Å². The highest BCUT2D eigenvalue weighted by atomic mass is 79.9. The number of nitrogens with one attached hydrogen (secondary N) is 2. The van der Waals surface area contributed by atoms with E-state index in [0.717, 1.165) is 16.9 Å². The van der Waals surface area contributed by atoms with E-state index in [1.807, 2.05) is 19.1 Å². The van der Waals surface area contributed by atoms with Crippen LogP contribution in [0.15, 0.2) is 94.5 Å². The lowest BCUT2D eigenvalue weighted by atomic mass is 10.1. The van der Waals surface area contributed by atoms with Crippen molar-refractivity contribution in [1.82, 2.24) is 5.43 Å². The number of esters is 1. The van der Waals surface area contributed by atoms with Crippen LogP contribution in [0.2, 0.25) is 5.02 Å². The predicted molar refractivity (Wildman–Crippen MR) is 173 cm³/mol. The van der Waals surface area contributed by atoms with Gasteiger partial charge in [-0.25, -0.2) is 10.2 Å². The van der Waals surface area contributed by atoms with Crippen molar-refractivity contribution < 1.29 is 24.0 Å². The molecule has 5 aromatic rings. The van der Waals surface area contributed by atoms with Crippen LogP contribution < -0.4 is 15.5 Å². The lowest BCUT2D eigenvalue weighted by Crippen LogP contribution is -2.18. The number of hydrogen-bond donors (Lipinski definition) is 2. The predicted octanol–water partition coefficient (Wildman–Crippen LogP) is 7.77. The second-order valence-corrected chi connectivity index (χ2v) is 11.7. The van der Waals surface area contributed by atoms with Crippen LogP contribution >= 0.6 is 38.9 Å². The van der Waals surface area contributed by atoms with E-state index < -0.39 is 16.8 Å². The third kappa shape index (κ3) is 7.00. The molecule has 2 N–H and O–H groups in total. The number of carbonyl (C=O) groups is 3. The number of aryl methyl sites for hydroxylation is 1. The Kier molecular flexibility index (Phi) is 9.14. The SMILES string of the molecule is Cc1ccc(C(=O)Nc2ccc(C(=O)N/N=C\c3cc(Br)ccc3OC(=O)c3sc4cc([N+](=O)[O-])ccc4c3Cl)cc2)cc1. The molecule has 2 amide bonds. The van der Waals surface area contributed by atoms with E-state index in [1.54, 1.807) is 54.6 Å². The molecule has 0 atom stereocenters. The van der Waals surface area contributed by atoms with Gasteiger partial charge >= 0.3 is 5.97 Å². The van der Waals surface area contributed by atoms with Crippen LogP contribution in [0.1, 0.15) is 41.5 Å². The number of non-ortho nitro benzene ring substituents is 1. The number of amides is 2. The number of nitrogens with zero attached hydrogens (tertiary/aromatic N) is 2. The fourth-order valence-corrected chi connectivity index (χ4v) is 5.79. The smallest absolute Gasteiger partial charge is 0.355 e. The van der Waals surface area contributed by atoms with Gasteiger partial charge in [0.1, 0.15) is 10.6 Å². The Labute approximate surface area is 267 Å². The molecule has 4 aromatic carbocycles. The van der Waals surface area contributed by atoms with E-state index in [4.69, 9.17) is 16.3 Å². The molecule has 5 rings (SSSR count). The Hall–Kier alpha value is -4.91. The molecule has 1 heterocycles. The van der Waals surface area contributed by atoms with Crippen molar-refractivity contribution in [3.05, 3.63) is 132 Å². The molecule has 0 fully saturated rings. The molecule has 0 saturated carbocycles. The molecule has 44 heavy (non-hydrogen) atoms. The van der Waals surface area contributed by atoms with Gasteiger partial charge < -0.3 is 10.1 Å². The third-order valence-electron chi connectivity index (χ3n) is 6.27. The number of thiophene rings is 1. The van der Waals surface area contributed by atoms with Gasteiger partial charge in [-0.1, -0.05) is 45.2 Å². The minimum absolute atomic E-state index is 0.0831. The quantitative estimate of drug-likeness (QED) is 0.0560. The van der Waals surface area contributed by atoms with Crippen molar-refractivity contribution in [2.45, 2.75) is 6.92 Å². The Balaban J connectivity index is 1.25. The summed E-state index contributed by atoms with van der Waals surface area (Å²) in [6, 6.07) is 22.5. The van der Waals surface area contributed by atoms with Gasteiger partial charge in [0.05, 0.1) is 16.2 Å². The largest absolute Gasteiger partial charge is 0.422 e. The number of rotatable bonds is 8. The molecule has 0 saturated heterocycles. The van der Waals surface area contributed by atoms with Gasteiger partial charge in [0.2, 0.25) is 0 Å². The molecular formula is C31H20BrClN4O6S. The minimum atomic E-state index is -0.755. The number of hydrogen-bond acceptors (Lipinski definition) is 8. The highest BCUT2D eigenvalue weighted by molar-refractivity contribution is 9.10. The summed E-state index contributed by atoms with van der Waals surface area (Å²) in [5.74, 6) is -1.38. The van der Waals surface area contributed by atoms with E-state index in [0.29, 0.717) is 36.9 Å². The minimum Gasteiger partial charge on any atom is -0.422 e. The summed E-state index contributed by atoms with van der Waals surface area (Å²) < 4.78 is 6.73. The second kappa shape index (κ2) is 13.2. The van der Waals surface area contributed by atoms with E-state index in [9.17, 15) is 24.5 Å². The van der Waals surface area contributed by atoms with Crippen molar-refractivity contribution in [3.63, 3.8) is 0 Å². The topological polar surface area (TPSA) is 140 Å². The van der Waals surface area contributed by atoms with Crippen molar-refractivity contribution in [1.29, 1.82) is 0 Å². The molecule has 0 bridgehead atoms. The molecule has 0 aliphatic rings. The third-order valence-corrected chi connectivity index (χ3v) is 8.40. The molecule has 0 aliphatic carbocycles. The highest BCUT2D eigenvalue weighted by Crippen LogP contribution is 2.38. The van der Waals surface area contributed by atoms with Gasteiger partial charge in [-0.15, -0.1) is 11.3 Å². The summed E-state index contributed by atoms with van der Waals surface area (Å²) in [5.41, 5.74) is 5.06. The summed E-state index contributed by atoms with van der Waals surface area (Å²) >= 11 is 10.7. The fourth-order valence-electron chi connectivity index (χ4n) is 4.00. The van der Waals surface area contributed by atoms with Gasteiger partial charge in [0, 0.05) is 49.1 Å². The molecular weight excluding hydrogens is 672 g/mol. The van der Waals surface area contributed by atoms with Crippen molar-refractivity contribution >= 4 is 84.3 Å². The summed E-state index contributed by atoms with van der Waals surface area (Å²) in [5, 5.41) is 18.5. The Morgan fingerprint density at radius 3 is 2.34 bits per heavy atom. The molecule has 0 aliphatic heterocycles. The van der Waals surface area contributed by atoms with Crippen molar-refractivity contribution in [3.8, 4) is 5.75 Å². The first-order chi connectivity index (χ1) is 21.1. The molecule has 0 unspecified atom stereocenters. The molecule has 10 nitrogen and oxygen atoms in total. The molecule has 0 radical (unpaired) electrons. The summed E-state index contributed by atoms with van der Waals surface area (Å²) in [4.78, 5) is 48.8. The Morgan fingerprint density at radius 1 is 0.955 bits per heavy atom. The van der Waals surface area contributed by atoms with Crippen LogP contribution in [0.25, 0.3) is 10.1 Å². The number of halogens is 2. The zero-order chi connectivity index (χ0) is 31.4. The van der Waals surface area contributed by atoms with Gasteiger partial charge in [-0.05, 0) is 67.6 Å². The van der Waals surface area contributed by atoms with Crippen LogP contribution in [0.3, 0.4) is 0 Å². The van der Waals surface area contributed by atoms with Crippen LogP contribution in [0, 0.1) is 17.0 Å². The van der Waals surface area contributed by atoms with Gasteiger partial charge in [0.25, 0.3) is 17.5 Å². The summed E-state index contributed by atoms with van der Waals surface area (Å²) in [7, 11) is 0. The molecule has 0 spiro atoms. The second-order valence-electron chi connectivity index (χ2n) is 9.35. The number of nitro groups is 1. The number of anilines is 1. The summed E-state index contributed by atoms with van der Waals surface area (Å²) in [6.07, 6.45) is 1.32. The molecule has 1 aromatic heterocycles. The van der Waals surface area contributed by atoms with Crippen LogP contribution in [0.4, 0.5) is 11.4 Å². The van der Waals surface area contributed by atoms with E-state index >= 15 is 0 Å². The summed E-state index contributed by atoms with van der Waals surface area (Å²) in [6.45, 7) is 1.94. The van der Waals surface area contributed by atoms with Crippen LogP contribution in [-0.4, -0.2) is 28.9 Å². The number of fused-ring (bicyclic) bond motifs is 1. The van der Waals surface area contributed by atoms with Gasteiger partial charge in [-0.3, -0.25) is 19.7 Å². The Bertz CT molecular complexity index is 1960. The molecule has 220 valence electrons. The van der Waals surface area contributed by atoms with Crippen LogP contribution in [0.5, 0.6) is 5.75 Å². The van der Waals surface area contributed by atoms with Crippen molar-refractivity contribution in [2.24, 2.45) is 5.10 Å². The maximum absolute atomic E-state index is 13.0.